The number of fused-ring (bicyclic) bond motifs is 1. The van der Waals surface area contributed by atoms with E-state index >= 15 is 0 Å². The molecule has 0 bridgehead atoms. The van der Waals surface area contributed by atoms with Crippen LogP contribution < -0.4 is 15.2 Å². The molecule has 2 aromatic rings. The Bertz CT molecular complexity index is 813. The second-order valence-corrected chi connectivity index (χ2v) is 5.50. The van der Waals surface area contributed by atoms with E-state index in [1.165, 1.54) is 24.3 Å². The van der Waals surface area contributed by atoms with Crippen molar-refractivity contribution in [3.63, 3.8) is 0 Å². The Kier molecular flexibility index (Phi) is 4.39. The maximum atomic E-state index is 12.2. The second-order valence-electron chi connectivity index (χ2n) is 5.50. The van der Waals surface area contributed by atoms with Crippen LogP contribution in [0.3, 0.4) is 0 Å². The summed E-state index contributed by atoms with van der Waals surface area (Å²) in [4.78, 5) is 11.7. The molecule has 1 amide bonds. The molecule has 0 saturated carbocycles. The molecule has 2 N–H and O–H groups in total. The Hall–Kier alpha value is -2.96. The van der Waals surface area contributed by atoms with Gasteiger partial charge in [0.25, 0.3) is 0 Å². The highest BCUT2D eigenvalue weighted by Gasteiger charge is 2.31. The van der Waals surface area contributed by atoms with Crippen molar-refractivity contribution >= 4 is 12.0 Å². The van der Waals surface area contributed by atoms with E-state index in [4.69, 9.17) is 10.5 Å². The fourth-order valence-corrected chi connectivity index (χ4v) is 2.59. The Morgan fingerprint density at radius 1 is 1.12 bits per heavy atom. The number of carbonyl (C=O) groups excluding carboxylic acids is 1. The number of halogens is 3. The maximum Gasteiger partial charge on any atom is 0.573 e. The van der Waals surface area contributed by atoms with E-state index in [1.807, 2.05) is 0 Å². The van der Waals surface area contributed by atoms with Gasteiger partial charge in [-0.15, -0.1) is 13.2 Å². The van der Waals surface area contributed by atoms with E-state index in [2.05, 4.69) is 4.74 Å². The Morgan fingerprint density at radius 3 is 2.44 bits per heavy atom. The first kappa shape index (κ1) is 16.9. The molecule has 7 heteroatoms. The number of amides is 1. The summed E-state index contributed by atoms with van der Waals surface area (Å²) in [6.07, 6.45) is -3.42. The van der Waals surface area contributed by atoms with Gasteiger partial charge in [0.1, 0.15) is 17.6 Å². The lowest BCUT2D eigenvalue weighted by molar-refractivity contribution is -0.274. The molecule has 4 nitrogen and oxygen atoms in total. The van der Waals surface area contributed by atoms with Crippen molar-refractivity contribution < 1.29 is 27.4 Å². The van der Waals surface area contributed by atoms with Crippen LogP contribution >= 0.6 is 0 Å². The SMILES string of the molecule is NC(=O)C1=Cc2ccccc2OC(c2ccc(OC(F)(F)F)cc2)C1. The van der Waals surface area contributed by atoms with Crippen LogP contribution in [0.25, 0.3) is 6.08 Å². The van der Waals surface area contributed by atoms with E-state index in [1.54, 1.807) is 30.3 Å². The van der Waals surface area contributed by atoms with Crippen LogP contribution in [0.2, 0.25) is 0 Å². The number of hydrogen-bond donors (Lipinski definition) is 1. The number of carbonyl (C=O) groups is 1. The fraction of sp³-hybridized carbons (Fsp3) is 0.167. The van der Waals surface area contributed by atoms with Crippen LogP contribution in [0.1, 0.15) is 23.7 Å². The summed E-state index contributed by atoms with van der Waals surface area (Å²) in [5.74, 6) is -0.322. The molecule has 2 aromatic carbocycles. The first-order valence-electron chi connectivity index (χ1n) is 7.43. The third-order valence-corrected chi connectivity index (χ3v) is 3.73. The van der Waals surface area contributed by atoms with Gasteiger partial charge in [-0.05, 0) is 29.8 Å². The first-order chi connectivity index (χ1) is 11.8. The van der Waals surface area contributed by atoms with Crippen molar-refractivity contribution in [2.75, 3.05) is 0 Å². The van der Waals surface area contributed by atoms with Gasteiger partial charge in [-0.2, -0.15) is 0 Å². The monoisotopic (exact) mass is 349 g/mol. The topological polar surface area (TPSA) is 61.6 Å². The highest BCUT2D eigenvalue weighted by atomic mass is 19.4. The van der Waals surface area contributed by atoms with Gasteiger partial charge < -0.3 is 15.2 Å². The van der Waals surface area contributed by atoms with Crippen LogP contribution in [0.15, 0.2) is 54.1 Å². The van der Waals surface area contributed by atoms with Gasteiger partial charge in [0.05, 0.1) is 0 Å². The van der Waals surface area contributed by atoms with Crippen LogP contribution in [0.5, 0.6) is 11.5 Å². The average Bonchev–Trinajstić information content (AvgIpc) is 2.73. The van der Waals surface area contributed by atoms with Crippen molar-refractivity contribution in [2.24, 2.45) is 5.73 Å². The number of benzene rings is 2. The van der Waals surface area contributed by atoms with Gasteiger partial charge in [0, 0.05) is 17.6 Å². The number of nitrogens with two attached hydrogens (primary N) is 1. The molecule has 1 atom stereocenters. The molecule has 0 aliphatic carbocycles. The summed E-state index contributed by atoms with van der Waals surface area (Å²) in [6.45, 7) is 0. The number of hydrogen-bond acceptors (Lipinski definition) is 3. The van der Waals surface area contributed by atoms with Gasteiger partial charge in [0.2, 0.25) is 5.91 Å². The summed E-state index contributed by atoms with van der Waals surface area (Å²) in [5.41, 5.74) is 7.13. The lowest BCUT2D eigenvalue weighted by Gasteiger charge is -2.19. The van der Waals surface area contributed by atoms with Crippen LogP contribution in [0, 0.1) is 0 Å². The standard InChI is InChI=1S/C18H14F3NO3/c19-18(20,21)25-14-7-5-11(6-8-14)16-10-13(17(22)23)9-12-3-1-2-4-15(12)24-16/h1-9,16H,10H2,(H2,22,23). The highest BCUT2D eigenvalue weighted by molar-refractivity contribution is 5.97. The highest BCUT2D eigenvalue weighted by Crippen LogP contribution is 2.35. The molecule has 1 aliphatic heterocycles. The summed E-state index contributed by atoms with van der Waals surface area (Å²) in [5, 5.41) is 0. The molecule has 0 saturated heterocycles. The van der Waals surface area contributed by atoms with Crippen LogP contribution in [-0.4, -0.2) is 12.3 Å². The number of rotatable bonds is 3. The van der Waals surface area contributed by atoms with Crippen molar-refractivity contribution in [2.45, 2.75) is 18.9 Å². The van der Waals surface area contributed by atoms with Crippen molar-refractivity contribution in [3.05, 3.63) is 65.2 Å². The van der Waals surface area contributed by atoms with Crippen molar-refractivity contribution in [3.8, 4) is 11.5 Å². The number of primary amides is 1. The molecular weight excluding hydrogens is 335 g/mol. The van der Waals surface area contributed by atoms with Gasteiger partial charge in [-0.1, -0.05) is 30.3 Å². The maximum absolute atomic E-state index is 12.2. The molecule has 130 valence electrons. The third-order valence-electron chi connectivity index (χ3n) is 3.73. The number of ether oxygens (including phenoxy) is 2. The van der Waals surface area contributed by atoms with Gasteiger partial charge in [-0.3, -0.25) is 4.79 Å². The van der Waals surface area contributed by atoms with Gasteiger partial charge in [0.15, 0.2) is 0 Å². The quantitative estimate of drug-likeness (QED) is 0.912. The summed E-state index contributed by atoms with van der Waals surface area (Å²) in [7, 11) is 0. The predicted molar refractivity (Wildman–Crippen MR) is 84.7 cm³/mol. The number of para-hydroxylation sites is 1. The Balaban J connectivity index is 1.90. The normalized spacial score (nSPS) is 16.9. The van der Waals surface area contributed by atoms with Crippen LogP contribution in [0.4, 0.5) is 13.2 Å². The van der Waals surface area contributed by atoms with Crippen LogP contribution in [-0.2, 0) is 4.79 Å². The molecule has 0 aromatic heterocycles. The third kappa shape index (κ3) is 4.12. The smallest absolute Gasteiger partial charge is 0.485 e. The van der Waals surface area contributed by atoms with Crippen molar-refractivity contribution in [1.82, 2.24) is 0 Å². The molecule has 0 fully saturated rings. The Labute approximate surface area is 141 Å². The Morgan fingerprint density at radius 2 is 1.80 bits per heavy atom. The first-order valence-corrected chi connectivity index (χ1v) is 7.43. The lowest BCUT2D eigenvalue weighted by Crippen LogP contribution is -2.18. The second kappa shape index (κ2) is 6.51. The molecule has 1 aliphatic rings. The van der Waals surface area contributed by atoms with Gasteiger partial charge in [-0.25, -0.2) is 0 Å². The lowest BCUT2D eigenvalue weighted by atomic mass is 10.0. The molecular formula is C18H14F3NO3. The van der Waals surface area contributed by atoms with Crippen molar-refractivity contribution in [1.29, 1.82) is 0 Å². The minimum atomic E-state index is -4.75. The van der Waals surface area contributed by atoms with E-state index in [0.29, 0.717) is 16.9 Å². The molecule has 0 spiro atoms. The molecule has 25 heavy (non-hydrogen) atoms. The zero-order valence-electron chi connectivity index (χ0n) is 12.9. The molecule has 1 heterocycles. The van der Waals surface area contributed by atoms with Gasteiger partial charge >= 0.3 is 6.36 Å². The van der Waals surface area contributed by atoms with E-state index in [9.17, 15) is 18.0 Å². The van der Waals surface area contributed by atoms with E-state index in [0.717, 1.165) is 5.56 Å². The minimum absolute atomic E-state index is 0.212. The molecule has 3 rings (SSSR count). The fourth-order valence-electron chi connectivity index (χ4n) is 2.59. The number of alkyl halides is 3. The molecule has 1 unspecified atom stereocenters. The molecule has 0 radical (unpaired) electrons. The van der Waals surface area contributed by atoms with E-state index in [-0.39, 0.29) is 12.2 Å². The zero-order valence-corrected chi connectivity index (χ0v) is 12.9. The summed E-state index contributed by atoms with van der Waals surface area (Å²) in [6, 6.07) is 12.5. The van der Waals surface area contributed by atoms with E-state index < -0.39 is 18.4 Å². The zero-order chi connectivity index (χ0) is 18.0. The summed E-state index contributed by atoms with van der Waals surface area (Å²) >= 11 is 0. The predicted octanol–water partition coefficient (Wildman–Crippen LogP) is 3.98. The summed E-state index contributed by atoms with van der Waals surface area (Å²) < 4.78 is 46.5. The average molecular weight is 349 g/mol. The largest absolute Gasteiger partial charge is 0.573 e. The minimum Gasteiger partial charge on any atom is -0.485 e.